The lowest BCUT2D eigenvalue weighted by Crippen LogP contribution is -2.36. The molecule has 1 aliphatic heterocycles. The quantitative estimate of drug-likeness (QED) is 0.541. The van der Waals surface area contributed by atoms with E-state index in [9.17, 15) is 4.79 Å². The minimum absolute atomic E-state index is 0.147. The largest absolute Gasteiger partial charge is 0.497 e. The number of nitrogens with one attached hydrogen (secondary N) is 1. The Morgan fingerprint density at radius 2 is 2.00 bits per heavy atom. The lowest BCUT2D eigenvalue weighted by molar-refractivity contribution is -0.113. The Labute approximate surface area is 189 Å². The third-order valence-electron chi connectivity index (χ3n) is 4.78. The summed E-state index contributed by atoms with van der Waals surface area (Å²) in [5.74, 6) is 0.804. The molecule has 2 heterocycles. The average Bonchev–Trinajstić information content (AvgIpc) is 3.27. The van der Waals surface area contributed by atoms with Crippen molar-refractivity contribution >= 4 is 40.6 Å². The topological polar surface area (TPSA) is 81.5 Å². The van der Waals surface area contributed by atoms with E-state index >= 15 is 0 Å². The smallest absolute Gasteiger partial charge is 0.234 e. The fourth-order valence-electron chi connectivity index (χ4n) is 3.25. The normalized spacial score (nSPS) is 13.8. The maximum Gasteiger partial charge on any atom is 0.234 e. The number of anilines is 2. The zero-order valence-electron chi connectivity index (χ0n) is 17.0. The van der Waals surface area contributed by atoms with Gasteiger partial charge in [-0.3, -0.25) is 9.36 Å². The Morgan fingerprint density at radius 3 is 2.74 bits per heavy atom. The maximum atomic E-state index is 12.7. The minimum Gasteiger partial charge on any atom is -0.497 e. The van der Waals surface area contributed by atoms with Crippen molar-refractivity contribution in [1.29, 1.82) is 0 Å². The van der Waals surface area contributed by atoms with Gasteiger partial charge in [0.05, 0.1) is 37.5 Å². The molecule has 4 rings (SSSR count). The summed E-state index contributed by atoms with van der Waals surface area (Å²) in [6.45, 7) is 2.86. The number of nitrogens with zero attached hydrogens (tertiary/aromatic N) is 4. The number of morpholine rings is 1. The van der Waals surface area contributed by atoms with E-state index in [2.05, 4.69) is 20.4 Å². The van der Waals surface area contributed by atoms with E-state index in [0.29, 0.717) is 29.1 Å². The molecule has 1 amide bonds. The molecule has 10 heteroatoms. The zero-order chi connectivity index (χ0) is 21.6. The summed E-state index contributed by atoms with van der Waals surface area (Å²) in [6.07, 6.45) is 1.62. The van der Waals surface area contributed by atoms with E-state index in [1.165, 1.54) is 11.8 Å². The van der Waals surface area contributed by atoms with Crippen molar-refractivity contribution in [3.8, 4) is 11.4 Å². The molecule has 0 bridgehead atoms. The molecule has 31 heavy (non-hydrogen) atoms. The Morgan fingerprint density at radius 1 is 1.23 bits per heavy atom. The number of rotatable bonds is 7. The Bertz CT molecular complexity index is 1040. The van der Waals surface area contributed by atoms with E-state index in [0.717, 1.165) is 30.2 Å². The van der Waals surface area contributed by atoms with Crippen molar-refractivity contribution in [3.05, 3.63) is 53.8 Å². The molecule has 0 spiro atoms. The van der Waals surface area contributed by atoms with Gasteiger partial charge in [0.15, 0.2) is 5.16 Å². The van der Waals surface area contributed by atoms with E-state index < -0.39 is 0 Å². The molecule has 0 unspecified atom stereocenters. The first-order valence-electron chi connectivity index (χ1n) is 9.73. The number of benzene rings is 2. The van der Waals surface area contributed by atoms with Crippen molar-refractivity contribution < 1.29 is 14.3 Å². The number of carbonyl (C=O) groups excluding carboxylic acids is 1. The summed E-state index contributed by atoms with van der Waals surface area (Å²) in [6, 6.07) is 13.1. The molecule has 1 fully saturated rings. The standard InChI is InChI=1S/C21H22ClN5O3S/c1-29-17-5-3-16(4-6-17)27-14-23-25-21(27)31-13-20(28)24-18-12-15(22)2-7-19(18)26-8-10-30-11-9-26/h2-7,12,14H,8-11,13H2,1H3,(H,24,28). The summed E-state index contributed by atoms with van der Waals surface area (Å²) in [4.78, 5) is 14.9. The first-order valence-corrected chi connectivity index (χ1v) is 11.1. The molecule has 1 aliphatic rings. The van der Waals surface area contributed by atoms with Crippen LogP contribution in [-0.4, -0.2) is 59.8 Å². The SMILES string of the molecule is COc1ccc(-n2cnnc2SCC(=O)Nc2cc(Cl)ccc2N2CCOCC2)cc1. The summed E-state index contributed by atoms with van der Waals surface area (Å²) < 4.78 is 12.5. The van der Waals surface area contributed by atoms with Gasteiger partial charge in [-0.2, -0.15) is 0 Å². The van der Waals surface area contributed by atoms with Crippen LogP contribution >= 0.6 is 23.4 Å². The minimum atomic E-state index is -0.147. The van der Waals surface area contributed by atoms with Crippen LogP contribution < -0.4 is 15.0 Å². The van der Waals surface area contributed by atoms with Gasteiger partial charge < -0.3 is 19.7 Å². The molecule has 8 nitrogen and oxygen atoms in total. The number of amides is 1. The summed E-state index contributed by atoms with van der Waals surface area (Å²) in [5, 5.41) is 12.3. The molecule has 0 saturated carbocycles. The number of ether oxygens (including phenoxy) is 2. The highest BCUT2D eigenvalue weighted by molar-refractivity contribution is 7.99. The van der Waals surface area contributed by atoms with Gasteiger partial charge >= 0.3 is 0 Å². The fraction of sp³-hybridized carbons (Fsp3) is 0.286. The van der Waals surface area contributed by atoms with Gasteiger partial charge in [0.2, 0.25) is 5.91 Å². The number of thioether (sulfide) groups is 1. The van der Waals surface area contributed by atoms with Crippen LogP contribution in [0.3, 0.4) is 0 Å². The average molecular weight is 460 g/mol. The molecule has 0 atom stereocenters. The monoisotopic (exact) mass is 459 g/mol. The second kappa shape index (κ2) is 10.0. The van der Waals surface area contributed by atoms with Gasteiger partial charge in [0, 0.05) is 23.8 Å². The first kappa shape index (κ1) is 21.5. The predicted octanol–water partition coefficient (Wildman–Crippen LogP) is 3.50. The third-order valence-corrected chi connectivity index (χ3v) is 5.96. The van der Waals surface area contributed by atoms with Crippen LogP contribution in [0.5, 0.6) is 5.75 Å². The van der Waals surface area contributed by atoms with Gasteiger partial charge in [0.1, 0.15) is 12.1 Å². The molecule has 0 aliphatic carbocycles. The molecular formula is C21H22ClN5O3S. The van der Waals surface area contributed by atoms with Crippen molar-refractivity contribution in [2.24, 2.45) is 0 Å². The van der Waals surface area contributed by atoms with Crippen LogP contribution in [0.4, 0.5) is 11.4 Å². The number of hydrogen-bond donors (Lipinski definition) is 1. The highest BCUT2D eigenvalue weighted by Gasteiger charge is 2.17. The molecule has 1 aromatic heterocycles. The Hall–Kier alpha value is -2.75. The highest BCUT2D eigenvalue weighted by Crippen LogP contribution is 2.30. The van der Waals surface area contributed by atoms with Crippen molar-refractivity contribution in [2.75, 3.05) is 49.4 Å². The maximum absolute atomic E-state index is 12.7. The summed E-state index contributed by atoms with van der Waals surface area (Å²) in [5.41, 5.74) is 2.52. The van der Waals surface area contributed by atoms with Crippen molar-refractivity contribution in [1.82, 2.24) is 14.8 Å². The second-order valence-electron chi connectivity index (χ2n) is 6.78. The van der Waals surface area contributed by atoms with Crippen molar-refractivity contribution in [3.63, 3.8) is 0 Å². The zero-order valence-corrected chi connectivity index (χ0v) is 18.5. The van der Waals surface area contributed by atoms with Crippen LogP contribution in [0.15, 0.2) is 53.9 Å². The van der Waals surface area contributed by atoms with Crippen LogP contribution in [0.1, 0.15) is 0 Å². The van der Waals surface area contributed by atoms with E-state index in [1.54, 1.807) is 19.5 Å². The molecule has 162 valence electrons. The molecule has 1 N–H and O–H groups in total. The fourth-order valence-corrected chi connectivity index (χ4v) is 4.15. The molecule has 0 radical (unpaired) electrons. The number of hydrogen-bond acceptors (Lipinski definition) is 7. The number of halogens is 1. The van der Waals surface area contributed by atoms with Crippen molar-refractivity contribution in [2.45, 2.75) is 5.16 Å². The number of methoxy groups -OCH3 is 1. The van der Waals surface area contributed by atoms with E-state index in [4.69, 9.17) is 21.1 Å². The van der Waals surface area contributed by atoms with Crippen LogP contribution in [0.25, 0.3) is 5.69 Å². The van der Waals surface area contributed by atoms with Crippen LogP contribution in [0, 0.1) is 0 Å². The van der Waals surface area contributed by atoms with Gasteiger partial charge in [0.25, 0.3) is 0 Å². The van der Waals surface area contributed by atoms with E-state index in [1.807, 2.05) is 41.0 Å². The molecule has 2 aromatic carbocycles. The first-order chi connectivity index (χ1) is 15.1. The van der Waals surface area contributed by atoms with Gasteiger partial charge in [-0.05, 0) is 42.5 Å². The highest BCUT2D eigenvalue weighted by atomic mass is 35.5. The number of carbonyl (C=O) groups is 1. The third kappa shape index (κ3) is 5.30. The van der Waals surface area contributed by atoms with Gasteiger partial charge in [-0.1, -0.05) is 23.4 Å². The summed E-state index contributed by atoms with van der Waals surface area (Å²) >= 11 is 7.49. The molecular weight excluding hydrogens is 438 g/mol. The number of aromatic nitrogens is 3. The van der Waals surface area contributed by atoms with Crippen LogP contribution in [0.2, 0.25) is 5.02 Å². The van der Waals surface area contributed by atoms with Crippen LogP contribution in [-0.2, 0) is 9.53 Å². The lowest BCUT2D eigenvalue weighted by atomic mass is 10.2. The second-order valence-corrected chi connectivity index (χ2v) is 8.16. The van der Waals surface area contributed by atoms with E-state index in [-0.39, 0.29) is 11.7 Å². The lowest BCUT2D eigenvalue weighted by Gasteiger charge is -2.30. The van der Waals surface area contributed by atoms with Gasteiger partial charge in [-0.15, -0.1) is 10.2 Å². The Kier molecular flexibility index (Phi) is 6.96. The van der Waals surface area contributed by atoms with Gasteiger partial charge in [-0.25, -0.2) is 0 Å². The summed E-state index contributed by atoms with van der Waals surface area (Å²) in [7, 11) is 1.62. The predicted molar refractivity (Wildman–Crippen MR) is 122 cm³/mol. The molecule has 1 saturated heterocycles. The molecule has 3 aromatic rings. The Balaban J connectivity index is 1.42.